The van der Waals surface area contributed by atoms with E-state index < -0.39 is 0 Å². The average molecular weight is 267 g/mol. The lowest BCUT2D eigenvalue weighted by Crippen LogP contribution is -2.07. The maximum atomic E-state index is 4.58. The molecular formula is C17H21N3. The molecular weight excluding hydrogens is 246 g/mol. The Morgan fingerprint density at radius 3 is 2.70 bits per heavy atom. The molecule has 0 saturated heterocycles. The van der Waals surface area contributed by atoms with E-state index in [9.17, 15) is 0 Å². The lowest BCUT2D eigenvalue weighted by Gasteiger charge is -2.20. The van der Waals surface area contributed by atoms with Crippen LogP contribution in [0, 0.1) is 0 Å². The van der Waals surface area contributed by atoms with Crippen LogP contribution in [0.1, 0.15) is 30.9 Å². The van der Waals surface area contributed by atoms with Crippen molar-refractivity contribution in [2.45, 2.75) is 32.6 Å². The molecule has 1 aliphatic carbocycles. The third-order valence-corrected chi connectivity index (χ3v) is 3.77. The van der Waals surface area contributed by atoms with Gasteiger partial charge in [-0.1, -0.05) is 18.2 Å². The first kappa shape index (κ1) is 13.0. The minimum atomic E-state index is 0.886. The molecule has 1 aliphatic rings. The molecule has 20 heavy (non-hydrogen) atoms. The highest BCUT2D eigenvalue weighted by Gasteiger charge is 2.13. The number of anilines is 3. The molecule has 2 aromatic rings. The van der Waals surface area contributed by atoms with Gasteiger partial charge < -0.3 is 10.6 Å². The Hall–Kier alpha value is -2.03. The lowest BCUT2D eigenvalue weighted by molar-refractivity contribution is 0.687. The van der Waals surface area contributed by atoms with E-state index in [1.54, 1.807) is 0 Å². The molecule has 1 aromatic heterocycles. The van der Waals surface area contributed by atoms with Crippen molar-refractivity contribution < 1.29 is 0 Å². The van der Waals surface area contributed by atoms with E-state index in [0.717, 1.165) is 18.2 Å². The lowest BCUT2D eigenvalue weighted by atomic mass is 9.90. The molecule has 0 bridgehead atoms. The summed E-state index contributed by atoms with van der Waals surface area (Å²) in [5, 5.41) is 6.72. The molecule has 1 heterocycles. The van der Waals surface area contributed by atoms with Crippen LogP contribution in [0.5, 0.6) is 0 Å². The molecule has 0 atom stereocenters. The van der Waals surface area contributed by atoms with E-state index in [0.29, 0.717) is 0 Å². The van der Waals surface area contributed by atoms with E-state index in [1.165, 1.54) is 42.5 Å². The number of hydrogen-bond acceptors (Lipinski definition) is 3. The van der Waals surface area contributed by atoms with Gasteiger partial charge in [0.25, 0.3) is 0 Å². The Morgan fingerprint density at radius 2 is 1.80 bits per heavy atom. The van der Waals surface area contributed by atoms with E-state index in [2.05, 4.69) is 40.7 Å². The highest BCUT2D eigenvalue weighted by Crippen LogP contribution is 2.29. The van der Waals surface area contributed by atoms with Gasteiger partial charge in [-0.25, -0.2) is 4.98 Å². The van der Waals surface area contributed by atoms with Gasteiger partial charge in [-0.15, -0.1) is 0 Å². The van der Waals surface area contributed by atoms with Gasteiger partial charge in [0, 0.05) is 12.2 Å². The van der Waals surface area contributed by atoms with Gasteiger partial charge in [-0.3, -0.25) is 0 Å². The number of benzene rings is 1. The molecule has 0 saturated carbocycles. The van der Waals surface area contributed by atoms with Crippen molar-refractivity contribution in [3.8, 4) is 0 Å². The van der Waals surface area contributed by atoms with Crippen molar-refractivity contribution >= 4 is 17.3 Å². The number of rotatable bonds is 4. The number of nitrogens with one attached hydrogen (secondary N) is 2. The summed E-state index contributed by atoms with van der Waals surface area (Å²) < 4.78 is 0. The van der Waals surface area contributed by atoms with Crippen LogP contribution in [0.2, 0.25) is 0 Å². The fourth-order valence-corrected chi connectivity index (χ4v) is 2.82. The maximum absolute atomic E-state index is 4.58. The standard InChI is InChI=1S/C17H21N3/c1-2-18-16-11-6-12-17(20-16)19-15-10-5-8-13-7-3-4-9-14(13)15/h5-6,8,10-12H,2-4,7,9H2,1H3,(H2,18,19,20). The van der Waals surface area contributed by atoms with Crippen LogP contribution in [0.25, 0.3) is 0 Å². The number of aryl methyl sites for hydroxylation is 1. The van der Waals surface area contributed by atoms with Crippen molar-refractivity contribution in [3.63, 3.8) is 0 Å². The van der Waals surface area contributed by atoms with Crippen LogP contribution in [0.4, 0.5) is 17.3 Å². The van der Waals surface area contributed by atoms with Crippen LogP contribution in [-0.4, -0.2) is 11.5 Å². The smallest absolute Gasteiger partial charge is 0.132 e. The largest absolute Gasteiger partial charge is 0.370 e. The molecule has 104 valence electrons. The maximum Gasteiger partial charge on any atom is 0.132 e. The second-order valence-electron chi connectivity index (χ2n) is 5.21. The Kier molecular flexibility index (Phi) is 3.86. The molecule has 3 rings (SSSR count). The Morgan fingerprint density at radius 1 is 1.00 bits per heavy atom. The number of pyridine rings is 1. The van der Waals surface area contributed by atoms with Crippen LogP contribution in [-0.2, 0) is 12.8 Å². The second kappa shape index (κ2) is 5.95. The third-order valence-electron chi connectivity index (χ3n) is 3.77. The third kappa shape index (κ3) is 2.77. The zero-order valence-corrected chi connectivity index (χ0v) is 11.9. The molecule has 0 amide bonds. The quantitative estimate of drug-likeness (QED) is 0.874. The number of fused-ring (bicyclic) bond motifs is 1. The van der Waals surface area contributed by atoms with Gasteiger partial charge in [0.1, 0.15) is 11.6 Å². The van der Waals surface area contributed by atoms with Gasteiger partial charge in [-0.05, 0) is 61.9 Å². The van der Waals surface area contributed by atoms with Gasteiger partial charge in [-0.2, -0.15) is 0 Å². The van der Waals surface area contributed by atoms with Crippen molar-refractivity contribution in [1.29, 1.82) is 0 Å². The number of hydrogen-bond donors (Lipinski definition) is 2. The normalized spacial score (nSPS) is 13.7. The van der Waals surface area contributed by atoms with Crippen LogP contribution >= 0.6 is 0 Å². The Balaban J connectivity index is 1.86. The van der Waals surface area contributed by atoms with Gasteiger partial charge >= 0.3 is 0 Å². The molecule has 0 aliphatic heterocycles. The number of nitrogens with zero attached hydrogens (tertiary/aromatic N) is 1. The van der Waals surface area contributed by atoms with Crippen LogP contribution in [0.15, 0.2) is 36.4 Å². The van der Waals surface area contributed by atoms with E-state index in [-0.39, 0.29) is 0 Å². The van der Waals surface area contributed by atoms with Crippen molar-refractivity contribution in [1.82, 2.24) is 4.98 Å². The molecule has 0 spiro atoms. The van der Waals surface area contributed by atoms with Crippen molar-refractivity contribution in [2.75, 3.05) is 17.2 Å². The summed E-state index contributed by atoms with van der Waals surface area (Å²) in [5.41, 5.74) is 4.17. The molecule has 0 unspecified atom stereocenters. The topological polar surface area (TPSA) is 37.0 Å². The Labute approximate surface area is 120 Å². The van der Waals surface area contributed by atoms with E-state index in [1.807, 2.05) is 18.2 Å². The monoisotopic (exact) mass is 267 g/mol. The summed E-state index contributed by atoms with van der Waals surface area (Å²) in [6.45, 7) is 2.96. The summed E-state index contributed by atoms with van der Waals surface area (Å²) in [5.74, 6) is 1.82. The molecule has 1 aromatic carbocycles. The molecule has 0 fully saturated rings. The van der Waals surface area contributed by atoms with Crippen molar-refractivity contribution in [2.24, 2.45) is 0 Å². The summed E-state index contributed by atoms with van der Waals surface area (Å²) >= 11 is 0. The molecule has 2 N–H and O–H groups in total. The SMILES string of the molecule is CCNc1cccc(Nc2cccc3c2CCCC3)n1. The van der Waals surface area contributed by atoms with E-state index in [4.69, 9.17) is 0 Å². The first-order valence-corrected chi connectivity index (χ1v) is 7.45. The molecule has 3 nitrogen and oxygen atoms in total. The predicted molar refractivity (Wildman–Crippen MR) is 84.8 cm³/mol. The number of aromatic nitrogens is 1. The zero-order valence-electron chi connectivity index (χ0n) is 11.9. The van der Waals surface area contributed by atoms with Crippen LogP contribution in [0.3, 0.4) is 0 Å². The van der Waals surface area contributed by atoms with E-state index >= 15 is 0 Å². The first-order chi connectivity index (χ1) is 9.86. The fraction of sp³-hybridized carbons (Fsp3) is 0.353. The molecule has 0 radical (unpaired) electrons. The minimum absolute atomic E-state index is 0.886. The second-order valence-corrected chi connectivity index (χ2v) is 5.21. The predicted octanol–water partition coefficient (Wildman–Crippen LogP) is 4.14. The fourth-order valence-electron chi connectivity index (χ4n) is 2.82. The van der Waals surface area contributed by atoms with Gasteiger partial charge in [0.15, 0.2) is 0 Å². The van der Waals surface area contributed by atoms with Crippen molar-refractivity contribution in [3.05, 3.63) is 47.5 Å². The highest BCUT2D eigenvalue weighted by molar-refractivity contribution is 5.64. The first-order valence-electron chi connectivity index (χ1n) is 7.45. The summed E-state index contributed by atoms with van der Waals surface area (Å²) in [6.07, 6.45) is 4.97. The minimum Gasteiger partial charge on any atom is -0.370 e. The average Bonchev–Trinajstić information content (AvgIpc) is 2.48. The van der Waals surface area contributed by atoms with Crippen LogP contribution < -0.4 is 10.6 Å². The summed E-state index contributed by atoms with van der Waals surface area (Å²) in [6, 6.07) is 12.6. The van der Waals surface area contributed by atoms with Gasteiger partial charge in [0.2, 0.25) is 0 Å². The Bertz CT molecular complexity index is 593. The summed E-state index contributed by atoms with van der Waals surface area (Å²) in [4.78, 5) is 4.58. The summed E-state index contributed by atoms with van der Waals surface area (Å²) in [7, 11) is 0. The van der Waals surface area contributed by atoms with Gasteiger partial charge in [0.05, 0.1) is 0 Å². The highest BCUT2D eigenvalue weighted by atomic mass is 15.1. The zero-order chi connectivity index (χ0) is 13.8. The molecule has 3 heteroatoms.